The molecule has 0 aliphatic heterocycles. The van der Waals surface area contributed by atoms with E-state index in [4.69, 9.17) is 9.47 Å². The van der Waals surface area contributed by atoms with Crippen LogP contribution in [0.25, 0.3) is 0 Å². The van der Waals surface area contributed by atoms with E-state index in [9.17, 15) is 0 Å². The molecule has 0 bridgehead atoms. The van der Waals surface area contributed by atoms with Crippen molar-refractivity contribution in [3.05, 3.63) is 24.3 Å². The minimum Gasteiger partial charge on any atom is -0.497 e. The van der Waals surface area contributed by atoms with Gasteiger partial charge >= 0.3 is 0 Å². The first-order chi connectivity index (χ1) is 9.15. The summed E-state index contributed by atoms with van der Waals surface area (Å²) >= 11 is 0. The lowest BCUT2D eigenvalue weighted by molar-refractivity contribution is 0.290. The van der Waals surface area contributed by atoms with E-state index in [1.807, 2.05) is 31.3 Å². The Bertz CT molecular complexity index is 335. The predicted molar refractivity (Wildman–Crippen MR) is 80.0 cm³/mol. The SMILES string of the molecule is CNC(CCCOc1ccc(OC)cc1)CC(C)C. The Morgan fingerprint density at radius 1 is 1.11 bits per heavy atom. The molecule has 0 heterocycles. The number of rotatable bonds is 9. The molecule has 1 N–H and O–H groups in total. The highest BCUT2D eigenvalue weighted by Crippen LogP contribution is 2.17. The van der Waals surface area contributed by atoms with Gasteiger partial charge in [-0.2, -0.15) is 0 Å². The summed E-state index contributed by atoms with van der Waals surface area (Å²) in [4.78, 5) is 0. The molecule has 19 heavy (non-hydrogen) atoms. The molecule has 0 aromatic heterocycles. The fourth-order valence-corrected chi connectivity index (χ4v) is 2.14. The smallest absolute Gasteiger partial charge is 0.119 e. The van der Waals surface area contributed by atoms with Crippen LogP contribution in [0.5, 0.6) is 11.5 Å². The van der Waals surface area contributed by atoms with Gasteiger partial charge in [0, 0.05) is 6.04 Å². The lowest BCUT2D eigenvalue weighted by Crippen LogP contribution is -2.27. The van der Waals surface area contributed by atoms with Crippen LogP contribution in [0, 0.1) is 5.92 Å². The first-order valence-electron chi connectivity index (χ1n) is 7.09. The number of benzene rings is 1. The van der Waals surface area contributed by atoms with Crippen LogP contribution in [-0.4, -0.2) is 26.8 Å². The number of hydrogen-bond acceptors (Lipinski definition) is 3. The highest BCUT2D eigenvalue weighted by Gasteiger charge is 2.08. The van der Waals surface area contributed by atoms with Crippen molar-refractivity contribution in [3.8, 4) is 11.5 Å². The maximum atomic E-state index is 5.72. The fraction of sp³-hybridized carbons (Fsp3) is 0.625. The molecule has 1 aromatic carbocycles. The molecule has 1 atom stereocenters. The second-order valence-electron chi connectivity index (χ2n) is 5.28. The Morgan fingerprint density at radius 2 is 1.74 bits per heavy atom. The monoisotopic (exact) mass is 265 g/mol. The average Bonchev–Trinajstić information content (AvgIpc) is 2.42. The summed E-state index contributed by atoms with van der Waals surface area (Å²) in [6.45, 7) is 5.29. The van der Waals surface area contributed by atoms with Gasteiger partial charge in [0.15, 0.2) is 0 Å². The van der Waals surface area contributed by atoms with Gasteiger partial charge in [-0.05, 0) is 56.5 Å². The van der Waals surface area contributed by atoms with Crippen molar-refractivity contribution in [3.63, 3.8) is 0 Å². The average molecular weight is 265 g/mol. The van der Waals surface area contributed by atoms with Gasteiger partial charge in [0.1, 0.15) is 11.5 Å². The number of ether oxygens (including phenoxy) is 2. The summed E-state index contributed by atoms with van der Waals surface area (Å²) < 4.78 is 10.8. The zero-order valence-electron chi connectivity index (χ0n) is 12.6. The van der Waals surface area contributed by atoms with Crippen LogP contribution < -0.4 is 14.8 Å². The molecule has 108 valence electrons. The van der Waals surface area contributed by atoms with E-state index in [2.05, 4.69) is 19.2 Å². The molecule has 0 amide bonds. The van der Waals surface area contributed by atoms with Crippen molar-refractivity contribution in [1.29, 1.82) is 0 Å². The third-order valence-corrected chi connectivity index (χ3v) is 3.19. The van der Waals surface area contributed by atoms with E-state index >= 15 is 0 Å². The molecule has 0 spiro atoms. The Morgan fingerprint density at radius 3 is 2.26 bits per heavy atom. The van der Waals surface area contributed by atoms with Gasteiger partial charge in [0.05, 0.1) is 13.7 Å². The summed E-state index contributed by atoms with van der Waals surface area (Å²) in [6, 6.07) is 8.33. The zero-order valence-corrected chi connectivity index (χ0v) is 12.6. The van der Waals surface area contributed by atoms with Crippen molar-refractivity contribution in [2.45, 2.75) is 39.2 Å². The molecule has 0 fully saturated rings. The molecule has 0 aliphatic carbocycles. The normalized spacial score (nSPS) is 12.5. The van der Waals surface area contributed by atoms with Gasteiger partial charge in [-0.1, -0.05) is 13.8 Å². The summed E-state index contributed by atoms with van der Waals surface area (Å²) in [5.41, 5.74) is 0. The molecule has 1 unspecified atom stereocenters. The molecule has 0 radical (unpaired) electrons. The Labute approximate surface area is 117 Å². The summed E-state index contributed by atoms with van der Waals surface area (Å²) in [5, 5.41) is 3.38. The maximum absolute atomic E-state index is 5.72. The van der Waals surface area contributed by atoms with Crippen LogP contribution in [0.2, 0.25) is 0 Å². The minimum absolute atomic E-state index is 0.597. The van der Waals surface area contributed by atoms with Crippen LogP contribution in [0.1, 0.15) is 33.1 Å². The highest BCUT2D eigenvalue weighted by atomic mass is 16.5. The second kappa shape index (κ2) is 8.81. The quantitative estimate of drug-likeness (QED) is 0.693. The third kappa shape index (κ3) is 6.48. The van der Waals surface area contributed by atoms with Gasteiger partial charge in [-0.3, -0.25) is 0 Å². The largest absolute Gasteiger partial charge is 0.497 e. The van der Waals surface area contributed by atoms with E-state index in [0.29, 0.717) is 6.04 Å². The maximum Gasteiger partial charge on any atom is 0.119 e. The van der Waals surface area contributed by atoms with Gasteiger partial charge in [0.2, 0.25) is 0 Å². The molecule has 0 saturated carbocycles. The Kier molecular flexibility index (Phi) is 7.34. The van der Waals surface area contributed by atoms with Crippen molar-refractivity contribution in [2.75, 3.05) is 20.8 Å². The minimum atomic E-state index is 0.597. The standard InChI is InChI=1S/C16H27NO2/c1-13(2)12-14(17-3)6-5-11-19-16-9-7-15(18-4)8-10-16/h7-10,13-14,17H,5-6,11-12H2,1-4H3. The first kappa shape index (κ1) is 15.8. The Balaban J connectivity index is 2.22. The summed E-state index contributed by atoms with van der Waals surface area (Å²) in [6.07, 6.45) is 3.45. The van der Waals surface area contributed by atoms with Crippen molar-refractivity contribution in [2.24, 2.45) is 5.92 Å². The van der Waals surface area contributed by atoms with Gasteiger partial charge in [-0.15, -0.1) is 0 Å². The third-order valence-electron chi connectivity index (χ3n) is 3.19. The van der Waals surface area contributed by atoms with Crippen molar-refractivity contribution < 1.29 is 9.47 Å². The molecular weight excluding hydrogens is 238 g/mol. The summed E-state index contributed by atoms with van der Waals surface area (Å²) in [5.74, 6) is 2.50. The van der Waals surface area contributed by atoms with E-state index in [1.54, 1.807) is 7.11 Å². The molecule has 1 rings (SSSR count). The lowest BCUT2D eigenvalue weighted by Gasteiger charge is -2.18. The molecule has 0 saturated heterocycles. The van der Waals surface area contributed by atoms with Crippen LogP contribution in [0.3, 0.4) is 0 Å². The van der Waals surface area contributed by atoms with Crippen LogP contribution in [0.15, 0.2) is 24.3 Å². The molecule has 0 aliphatic rings. The highest BCUT2D eigenvalue weighted by molar-refractivity contribution is 5.31. The Hall–Kier alpha value is -1.22. The molecular formula is C16H27NO2. The van der Waals surface area contributed by atoms with E-state index in [1.165, 1.54) is 6.42 Å². The molecule has 1 aromatic rings. The predicted octanol–water partition coefficient (Wildman–Crippen LogP) is 3.49. The van der Waals surface area contributed by atoms with Crippen LogP contribution in [-0.2, 0) is 0 Å². The molecule has 3 nitrogen and oxygen atoms in total. The fourth-order valence-electron chi connectivity index (χ4n) is 2.14. The van der Waals surface area contributed by atoms with Crippen LogP contribution >= 0.6 is 0 Å². The summed E-state index contributed by atoms with van der Waals surface area (Å²) in [7, 11) is 3.71. The second-order valence-corrected chi connectivity index (χ2v) is 5.28. The zero-order chi connectivity index (χ0) is 14.1. The van der Waals surface area contributed by atoms with E-state index in [-0.39, 0.29) is 0 Å². The van der Waals surface area contributed by atoms with Crippen LogP contribution in [0.4, 0.5) is 0 Å². The first-order valence-corrected chi connectivity index (χ1v) is 7.09. The number of methoxy groups -OCH3 is 1. The lowest BCUT2D eigenvalue weighted by atomic mass is 10.0. The van der Waals surface area contributed by atoms with Gasteiger partial charge in [-0.25, -0.2) is 0 Å². The van der Waals surface area contributed by atoms with Crippen molar-refractivity contribution >= 4 is 0 Å². The topological polar surface area (TPSA) is 30.5 Å². The van der Waals surface area contributed by atoms with Gasteiger partial charge < -0.3 is 14.8 Å². The number of nitrogens with one attached hydrogen (secondary N) is 1. The molecule has 3 heteroatoms. The van der Waals surface area contributed by atoms with Gasteiger partial charge in [0.25, 0.3) is 0 Å². The van der Waals surface area contributed by atoms with E-state index in [0.717, 1.165) is 36.9 Å². The van der Waals surface area contributed by atoms with Crippen molar-refractivity contribution in [1.82, 2.24) is 5.32 Å². The van der Waals surface area contributed by atoms with E-state index < -0.39 is 0 Å². The number of hydrogen-bond donors (Lipinski definition) is 1.